The lowest BCUT2D eigenvalue weighted by Crippen LogP contribution is -2.49. The average molecular weight is 405 g/mol. The van der Waals surface area contributed by atoms with E-state index in [1.54, 1.807) is 38.1 Å². The highest BCUT2D eigenvalue weighted by atomic mass is 35.5. The van der Waals surface area contributed by atoms with Crippen molar-refractivity contribution in [1.82, 2.24) is 9.88 Å². The Bertz CT molecular complexity index is 963. The number of amides is 1. The van der Waals surface area contributed by atoms with E-state index in [1.807, 2.05) is 0 Å². The molecule has 0 aliphatic carbocycles. The van der Waals surface area contributed by atoms with E-state index in [2.05, 4.69) is 4.98 Å². The van der Waals surface area contributed by atoms with Gasteiger partial charge in [0.1, 0.15) is 11.6 Å². The molecule has 2 aliphatic heterocycles. The Morgan fingerprint density at radius 1 is 1.32 bits per heavy atom. The fourth-order valence-electron chi connectivity index (χ4n) is 3.80. The molecule has 1 spiro atoms. The van der Waals surface area contributed by atoms with Crippen molar-refractivity contribution < 1.29 is 23.5 Å². The molecule has 1 aromatic heterocycles. The Morgan fingerprint density at radius 3 is 2.75 bits per heavy atom. The smallest absolute Gasteiger partial charge is 0.341 e. The normalized spacial score (nSPS) is 21.0. The van der Waals surface area contributed by atoms with Crippen LogP contribution in [-0.4, -0.2) is 40.5 Å². The van der Waals surface area contributed by atoms with Crippen LogP contribution in [0.2, 0.25) is 5.02 Å². The van der Waals surface area contributed by atoms with E-state index in [-0.39, 0.29) is 23.6 Å². The summed E-state index contributed by atoms with van der Waals surface area (Å²) in [6.07, 6.45) is 2.67. The minimum absolute atomic E-state index is 0.0684. The van der Waals surface area contributed by atoms with Gasteiger partial charge < -0.3 is 14.4 Å². The number of fused-ring (bicyclic) bond motifs is 2. The molecule has 1 aromatic carbocycles. The second-order valence-electron chi connectivity index (χ2n) is 7.47. The fraction of sp³-hybridized carbons (Fsp3) is 0.350. The maximum atomic E-state index is 14.4. The molecular formula is C20H18ClFN2O4. The fourth-order valence-corrected chi connectivity index (χ4v) is 3.93. The van der Waals surface area contributed by atoms with Gasteiger partial charge in [0.25, 0.3) is 5.91 Å². The van der Waals surface area contributed by atoms with Gasteiger partial charge >= 0.3 is 5.97 Å². The van der Waals surface area contributed by atoms with E-state index in [4.69, 9.17) is 21.1 Å². The van der Waals surface area contributed by atoms with Crippen molar-refractivity contribution in [1.29, 1.82) is 0 Å². The molecule has 0 radical (unpaired) electrons. The van der Waals surface area contributed by atoms with Gasteiger partial charge in [-0.1, -0.05) is 11.6 Å². The molecule has 1 atom stereocenters. The van der Waals surface area contributed by atoms with Crippen LogP contribution in [0.4, 0.5) is 4.39 Å². The highest BCUT2D eigenvalue weighted by molar-refractivity contribution is 6.30. The van der Waals surface area contributed by atoms with Crippen LogP contribution in [0.5, 0.6) is 5.75 Å². The largest absolute Gasteiger partial charge is 0.478 e. The predicted molar refractivity (Wildman–Crippen MR) is 98.6 cm³/mol. The van der Waals surface area contributed by atoms with E-state index < -0.39 is 23.0 Å². The first-order chi connectivity index (χ1) is 13.2. The second kappa shape index (κ2) is 6.44. The lowest BCUT2D eigenvalue weighted by molar-refractivity contribution is -0.145. The van der Waals surface area contributed by atoms with Crippen LogP contribution in [0.1, 0.15) is 36.2 Å². The first-order valence-corrected chi connectivity index (χ1v) is 9.21. The van der Waals surface area contributed by atoms with E-state index in [9.17, 15) is 14.0 Å². The van der Waals surface area contributed by atoms with Gasteiger partial charge in [0, 0.05) is 24.2 Å². The maximum absolute atomic E-state index is 14.4. The number of carbonyl (C=O) groups is 2. The number of aromatic nitrogens is 1. The number of hydrogen-bond acceptors (Lipinski definition) is 5. The van der Waals surface area contributed by atoms with Crippen LogP contribution in [0.3, 0.4) is 0 Å². The summed E-state index contributed by atoms with van der Waals surface area (Å²) < 4.78 is 25.8. The molecule has 2 aliphatic rings. The van der Waals surface area contributed by atoms with Crippen molar-refractivity contribution in [3.05, 3.63) is 58.6 Å². The zero-order valence-corrected chi connectivity index (χ0v) is 16.1. The SMILES string of the molecule is CC(C)(Oc1ccc(Cl)cc1)C(=O)N1CCC2(C1)OC(=O)c1cncc(F)c12. The number of carbonyl (C=O) groups excluding carboxylic acids is 2. The Morgan fingerprint density at radius 2 is 2.04 bits per heavy atom. The van der Waals surface area contributed by atoms with Crippen molar-refractivity contribution in [3.8, 4) is 5.75 Å². The summed E-state index contributed by atoms with van der Waals surface area (Å²) in [5.41, 5.74) is -2.04. The molecule has 4 rings (SSSR count). The van der Waals surface area contributed by atoms with Gasteiger partial charge in [0.2, 0.25) is 0 Å². The number of halogens is 2. The third kappa shape index (κ3) is 2.99. The topological polar surface area (TPSA) is 68.7 Å². The van der Waals surface area contributed by atoms with E-state index >= 15 is 0 Å². The molecule has 1 unspecified atom stereocenters. The Kier molecular flexibility index (Phi) is 4.30. The Labute approximate surface area is 166 Å². The summed E-state index contributed by atoms with van der Waals surface area (Å²) >= 11 is 5.88. The number of rotatable bonds is 3. The second-order valence-corrected chi connectivity index (χ2v) is 7.91. The zero-order valence-electron chi connectivity index (χ0n) is 15.4. The van der Waals surface area contributed by atoms with E-state index in [0.29, 0.717) is 23.7 Å². The molecule has 146 valence electrons. The van der Waals surface area contributed by atoms with Crippen LogP contribution in [0, 0.1) is 5.82 Å². The molecular weight excluding hydrogens is 387 g/mol. The Hall–Kier alpha value is -2.67. The lowest BCUT2D eigenvalue weighted by Gasteiger charge is -2.31. The summed E-state index contributed by atoms with van der Waals surface area (Å²) in [7, 11) is 0. The minimum atomic E-state index is -1.18. The van der Waals surface area contributed by atoms with E-state index in [0.717, 1.165) is 6.20 Å². The predicted octanol–water partition coefficient (Wildman–Crippen LogP) is 3.33. The summed E-state index contributed by atoms with van der Waals surface area (Å²) in [5.74, 6) is -0.994. The number of nitrogens with zero attached hydrogens (tertiary/aromatic N) is 2. The van der Waals surface area contributed by atoms with Crippen molar-refractivity contribution >= 4 is 23.5 Å². The standard InChI is InChI=1S/C20H18ClFN2O4/c1-19(2,27-13-5-3-12(21)4-6-13)18(26)24-8-7-20(11-24)16-14(17(25)28-20)9-23-10-15(16)22/h3-6,9-10H,7-8,11H2,1-2H3. The van der Waals surface area contributed by atoms with Gasteiger partial charge in [0.15, 0.2) is 11.2 Å². The number of benzene rings is 1. The van der Waals surface area contributed by atoms with Gasteiger partial charge in [-0.3, -0.25) is 9.78 Å². The van der Waals surface area contributed by atoms with Gasteiger partial charge in [-0.25, -0.2) is 9.18 Å². The van der Waals surface area contributed by atoms with Crippen LogP contribution >= 0.6 is 11.6 Å². The van der Waals surface area contributed by atoms with Crippen LogP contribution in [-0.2, 0) is 15.1 Å². The van der Waals surface area contributed by atoms with Crippen LogP contribution in [0.15, 0.2) is 36.7 Å². The monoisotopic (exact) mass is 404 g/mol. The van der Waals surface area contributed by atoms with Gasteiger partial charge in [-0.05, 0) is 38.1 Å². The molecule has 1 fully saturated rings. The third-order valence-corrected chi connectivity index (χ3v) is 5.34. The highest BCUT2D eigenvalue weighted by Gasteiger charge is 2.54. The molecule has 2 aromatic rings. The summed E-state index contributed by atoms with van der Waals surface area (Å²) in [6, 6.07) is 6.71. The molecule has 1 saturated heterocycles. The number of esters is 1. The number of likely N-dealkylation sites (tertiary alicyclic amines) is 1. The minimum Gasteiger partial charge on any atom is -0.478 e. The number of ether oxygens (including phenoxy) is 2. The summed E-state index contributed by atoms with van der Waals surface area (Å²) in [6.45, 7) is 3.71. The van der Waals surface area contributed by atoms with Gasteiger partial charge in [-0.15, -0.1) is 0 Å². The molecule has 0 saturated carbocycles. The summed E-state index contributed by atoms with van der Waals surface area (Å²) in [5, 5.41) is 0.566. The zero-order chi connectivity index (χ0) is 20.1. The molecule has 8 heteroatoms. The molecule has 6 nitrogen and oxygen atoms in total. The average Bonchev–Trinajstić information content (AvgIpc) is 3.19. The third-order valence-electron chi connectivity index (χ3n) is 5.08. The number of hydrogen-bond donors (Lipinski definition) is 0. The first-order valence-electron chi connectivity index (χ1n) is 8.83. The van der Waals surface area contributed by atoms with Crippen molar-refractivity contribution in [2.75, 3.05) is 13.1 Å². The molecule has 1 amide bonds. The van der Waals surface area contributed by atoms with Crippen LogP contribution < -0.4 is 4.74 Å². The maximum Gasteiger partial charge on any atom is 0.341 e. The van der Waals surface area contributed by atoms with Crippen molar-refractivity contribution in [2.45, 2.75) is 31.5 Å². The summed E-state index contributed by atoms with van der Waals surface area (Å²) in [4.78, 5) is 30.5. The van der Waals surface area contributed by atoms with Crippen LogP contribution in [0.25, 0.3) is 0 Å². The number of pyridine rings is 1. The Balaban J connectivity index is 1.55. The lowest BCUT2D eigenvalue weighted by atomic mass is 9.92. The van der Waals surface area contributed by atoms with Gasteiger partial charge in [-0.2, -0.15) is 0 Å². The quantitative estimate of drug-likeness (QED) is 0.734. The molecule has 0 bridgehead atoms. The molecule has 28 heavy (non-hydrogen) atoms. The molecule has 3 heterocycles. The van der Waals surface area contributed by atoms with E-state index in [1.165, 1.54) is 11.1 Å². The molecule has 0 N–H and O–H groups in total. The van der Waals surface area contributed by atoms with Crippen molar-refractivity contribution in [3.63, 3.8) is 0 Å². The van der Waals surface area contributed by atoms with Gasteiger partial charge in [0.05, 0.1) is 23.9 Å². The van der Waals surface area contributed by atoms with Crippen molar-refractivity contribution in [2.24, 2.45) is 0 Å². The highest BCUT2D eigenvalue weighted by Crippen LogP contribution is 2.44. The first kappa shape index (κ1) is 18.7.